The van der Waals surface area contributed by atoms with Crippen LogP contribution in [0.25, 0.3) is 0 Å². The summed E-state index contributed by atoms with van der Waals surface area (Å²) in [6.07, 6.45) is 12.3. The van der Waals surface area contributed by atoms with Crippen molar-refractivity contribution in [3.05, 3.63) is 11.1 Å². The van der Waals surface area contributed by atoms with Gasteiger partial charge in [0.1, 0.15) is 0 Å². The van der Waals surface area contributed by atoms with Crippen molar-refractivity contribution in [2.24, 2.45) is 44.3 Å². The highest BCUT2D eigenvalue weighted by molar-refractivity contribution is 5.87. The predicted molar refractivity (Wildman–Crippen MR) is 153 cm³/mol. The van der Waals surface area contributed by atoms with E-state index in [4.69, 9.17) is 4.74 Å². The maximum absolute atomic E-state index is 14.4. The molecule has 5 aliphatic carbocycles. The second-order valence-corrected chi connectivity index (χ2v) is 16.6. The number of carbonyl (C=O) groups is 1. The molecule has 4 saturated carbocycles. The Balaban J connectivity index is 1.43. The van der Waals surface area contributed by atoms with Crippen molar-refractivity contribution in [1.82, 2.24) is 4.90 Å². The number of amides is 1. The number of nitrogens with zero attached hydrogens (tertiary/aromatic N) is 1. The van der Waals surface area contributed by atoms with Gasteiger partial charge in [-0.05, 0) is 110 Å². The SMILES string of the molecule is CC1(C)CC[C@]2(C(=O)N3CCOCC3)CC[C@]3(C)C(=C2C1)CC[C@@H]1[C@@]2(C)CC[C@H](O)C(C)(C)C2CC[C@]13C. The lowest BCUT2D eigenvalue weighted by Gasteiger charge is -2.71. The quantitative estimate of drug-likeness (QED) is 0.370. The highest BCUT2D eigenvalue weighted by atomic mass is 16.5. The molecular weight excluding hydrogens is 470 g/mol. The molecule has 38 heavy (non-hydrogen) atoms. The number of aliphatic hydroxyl groups excluding tert-OH is 1. The molecule has 0 spiro atoms. The van der Waals surface area contributed by atoms with E-state index in [1.807, 2.05) is 0 Å². The van der Waals surface area contributed by atoms with Crippen LogP contribution >= 0.6 is 0 Å². The number of fused-ring (bicyclic) bond motifs is 6. The molecule has 6 rings (SSSR count). The van der Waals surface area contributed by atoms with Gasteiger partial charge in [-0.15, -0.1) is 0 Å². The molecule has 1 N–H and O–H groups in total. The average Bonchev–Trinajstić information content (AvgIpc) is 2.87. The second-order valence-electron chi connectivity index (χ2n) is 16.6. The molecule has 0 aromatic carbocycles. The van der Waals surface area contributed by atoms with E-state index >= 15 is 0 Å². The molecule has 6 aliphatic rings. The maximum Gasteiger partial charge on any atom is 0.233 e. The molecular formula is C34H55NO3. The monoisotopic (exact) mass is 525 g/mol. The minimum atomic E-state index is -0.275. The fourth-order valence-electron chi connectivity index (χ4n) is 11.7. The van der Waals surface area contributed by atoms with Gasteiger partial charge in [-0.2, -0.15) is 0 Å². The van der Waals surface area contributed by atoms with Gasteiger partial charge >= 0.3 is 0 Å². The summed E-state index contributed by atoms with van der Waals surface area (Å²) in [7, 11) is 0. The molecule has 1 saturated heterocycles. The third-order valence-corrected chi connectivity index (χ3v) is 14.2. The first-order valence-corrected chi connectivity index (χ1v) is 16.0. The fourth-order valence-corrected chi connectivity index (χ4v) is 11.7. The van der Waals surface area contributed by atoms with Crippen LogP contribution in [0.15, 0.2) is 11.1 Å². The Morgan fingerprint density at radius 2 is 1.50 bits per heavy atom. The first-order chi connectivity index (χ1) is 17.7. The van der Waals surface area contributed by atoms with Crippen LogP contribution in [0, 0.1) is 44.3 Å². The summed E-state index contributed by atoms with van der Waals surface area (Å²) in [6, 6.07) is 0. The third kappa shape index (κ3) is 3.50. The summed E-state index contributed by atoms with van der Waals surface area (Å²) in [6.45, 7) is 20.3. The summed E-state index contributed by atoms with van der Waals surface area (Å²) >= 11 is 0. The molecule has 1 amide bonds. The lowest BCUT2D eigenvalue weighted by molar-refractivity contribution is -0.205. The molecule has 1 heterocycles. The van der Waals surface area contributed by atoms with Crippen molar-refractivity contribution in [3.8, 4) is 0 Å². The lowest BCUT2D eigenvalue weighted by Crippen LogP contribution is -2.64. The summed E-state index contributed by atoms with van der Waals surface area (Å²) in [4.78, 5) is 16.6. The van der Waals surface area contributed by atoms with Crippen molar-refractivity contribution in [2.75, 3.05) is 26.3 Å². The Kier molecular flexibility index (Phi) is 6.16. The van der Waals surface area contributed by atoms with Crippen LogP contribution in [-0.4, -0.2) is 48.3 Å². The summed E-state index contributed by atoms with van der Waals surface area (Å²) < 4.78 is 5.63. The molecule has 4 heteroatoms. The van der Waals surface area contributed by atoms with E-state index in [9.17, 15) is 9.90 Å². The number of ether oxygens (including phenoxy) is 1. The number of morpholine rings is 1. The molecule has 0 aromatic heterocycles. The minimum Gasteiger partial charge on any atom is -0.393 e. The van der Waals surface area contributed by atoms with Crippen molar-refractivity contribution in [3.63, 3.8) is 0 Å². The largest absolute Gasteiger partial charge is 0.393 e. The zero-order valence-corrected chi connectivity index (χ0v) is 25.5. The first kappa shape index (κ1) is 27.3. The van der Waals surface area contributed by atoms with Crippen LogP contribution in [-0.2, 0) is 9.53 Å². The van der Waals surface area contributed by atoms with Gasteiger partial charge in [-0.1, -0.05) is 59.6 Å². The normalized spacial score (nSPS) is 47.9. The predicted octanol–water partition coefficient (Wildman–Crippen LogP) is 7.15. The molecule has 4 nitrogen and oxygen atoms in total. The van der Waals surface area contributed by atoms with Gasteiger partial charge in [0.25, 0.3) is 0 Å². The van der Waals surface area contributed by atoms with Gasteiger partial charge in [-0.3, -0.25) is 4.79 Å². The van der Waals surface area contributed by atoms with E-state index in [0.29, 0.717) is 36.4 Å². The zero-order chi connectivity index (χ0) is 27.4. The Bertz CT molecular complexity index is 1020. The Morgan fingerprint density at radius 3 is 2.21 bits per heavy atom. The van der Waals surface area contributed by atoms with Crippen molar-refractivity contribution < 1.29 is 14.6 Å². The second kappa shape index (κ2) is 8.57. The van der Waals surface area contributed by atoms with Gasteiger partial charge < -0.3 is 14.7 Å². The summed E-state index contributed by atoms with van der Waals surface area (Å²) in [5.74, 6) is 1.70. The van der Waals surface area contributed by atoms with Crippen molar-refractivity contribution in [1.29, 1.82) is 0 Å². The molecule has 1 unspecified atom stereocenters. The standard InChI is InChI=1S/C34H55NO3/c1-29(2)14-16-34(28(37)35-18-20-38-21-19-35)17-15-32(6)23(24(34)22-29)8-9-26-31(5)12-11-27(36)30(3,4)25(31)10-13-33(26,32)7/h25-27,36H,8-22H2,1-7H3/t25?,26-,27+,31+,32-,33-,34+/m1/s1. The summed E-state index contributed by atoms with van der Waals surface area (Å²) in [5, 5.41) is 11.0. The molecule has 0 bridgehead atoms. The van der Waals surface area contributed by atoms with E-state index in [1.165, 1.54) is 25.7 Å². The smallest absolute Gasteiger partial charge is 0.233 e. The van der Waals surface area contributed by atoms with Crippen LogP contribution in [0.3, 0.4) is 0 Å². The molecule has 214 valence electrons. The van der Waals surface area contributed by atoms with Crippen LogP contribution in [0.1, 0.15) is 119 Å². The van der Waals surface area contributed by atoms with Gasteiger partial charge in [0, 0.05) is 13.1 Å². The maximum atomic E-state index is 14.4. The Labute approximate surface area is 232 Å². The van der Waals surface area contributed by atoms with E-state index < -0.39 is 0 Å². The summed E-state index contributed by atoms with van der Waals surface area (Å²) in [5.41, 5.74) is 3.98. The Morgan fingerprint density at radius 1 is 0.816 bits per heavy atom. The van der Waals surface area contributed by atoms with Crippen LogP contribution < -0.4 is 0 Å². The van der Waals surface area contributed by atoms with Crippen LogP contribution in [0.2, 0.25) is 0 Å². The number of hydrogen-bond acceptors (Lipinski definition) is 3. The number of rotatable bonds is 1. The third-order valence-electron chi connectivity index (χ3n) is 14.2. The number of carbonyl (C=O) groups excluding carboxylic acids is 1. The van der Waals surface area contributed by atoms with Crippen molar-refractivity contribution in [2.45, 2.75) is 125 Å². The van der Waals surface area contributed by atoms with E-state index in [-0.39, 0.29) is 33.2 Å². The number of hydrogen-bond donors (Lipinski definition) is 1. The van der Waals surface area contributed by atoms with Gasteiger partial charge in [0.2, 0.25) is 5.91 Å². The molecule has 0 aromatic rings. The highest BCUT2D eigenvalue weighted by Gasteiger charge is 2.68. The first-order valence-electron chi connectivity index (χ1n) is 16.0. The zero-order valence-electron chi connectivity index (χ0n) is 25.5. The highest BCUT2D eigenvalue weighted by Crippen LogP contribution is 2.75. The lowest BCUT2D eigenvalue weighted by atomic mass is 9.34. The topological polar surface area (TPSA) is 49.8 Å². The van der Waals surface area contributed by atoms with E-state index in [2.05, 4.69) is 53.4 Å². The van der Waals surface area contributed by atoms with Crippen LogP contribution in [0.4, 0.5) is 0 Å². The van der Waals surface area contributed by atoms with Crippen LogP contribution in [0.5, 0.6) is 0 Å². The molecule has 1 aliphatic heterocycles. The minimum absolute atomic E-state index is 0.00628. The molecule has 5 fully saturated rings. The van der Waals surface area contributed by atoms with Gasteiger partial charge in [0.15, 0.2) is 0 Å². The van der Waals surface area contributed by atoms with E-state index in [0.717, 1.165) is 58.0 Å². The molecule has 0 radical (unpaired) electrons. The molecule has 7 atom stereocenters. The average molecular weight is 526 g/mol. The van der Waals surface area contributed by atoms with E-state index in [1.54, 1.807) is 11.1 Å². The van der Waals surface area contributed by atoms with Crippen molar-refractivity contribution >= 4 is 5.91 Å². The van der Waals surface area contributed by atoms with Gasteiger partial charge in [0.05, 0.1) is 24.7 Å². The fraction of sp³-hybridized carbons (Fsp3) is 0.912. The Hall–Kier alpha value is -0.870. The number of allylic oxidation sites excluding steroid dienone is 1. The number of aliphatic hydroxyl groups is 1. The van der Waals surface area contributed by atoms with Gasteiger partial charge in [-0.25, -0.2) is 0 Å².